The van der Waals surface area contributed by atoms with Crippen LogP contribution in [-0.2, 0) is 14.3 Å². The van der Waals surface area contributed by atoms with Crippen molar-refractivity contribution in [2.24, 2.45) is 17.8 Å². The van der Waals surface area contributed by atoms with Crippen molar-refractivity contribution in [3.63, 3.8) is 0 Å². The average Bonchev–Trinajstić information content (AvgIpc) is 2.54. The van der Waals surface area contributed by atoms with Gasteiger partial charge in [-0.1, -0.05) is 78.2 Å². The van der Waals surface area contributed by atoms with Crippen LogP contribution in [0, 0.1) is 17.8 Å². The van der Waals surface area contributed by atoms with Gasteiger partial charge in [0.1, 0.15) is 6.10 Å². The molecule has 0 aliphatic heterocycles. The van der Waals surface area contributed by atoms with Gasteiger partial charge in [-0.05, 0) is 44.4 Å². The van der Waals surface area contributed by atoms with Gasteiger partial charge in [-0.15, -0.1) is 0 Å². The number of ether oxygens (including phenoxy) is 1. The molecule has 0 spiro atoms. The zero-order valence-corrected chi connectivity index (χ0v) is 18.4. The normalized spacial score (nSPS) is 15.5. The summed E-state index contributed by atoms with van der Waals surface area (Å²) in [5.74, 6) is 0.741. The minimum atomic E-state index is -1.28. The number of carbonyl (C=O) groups is 2. The Morgan fingerprint density at radius 1 is 0.852 bits per heavy atom. The van der Waals surface area contributed by atoms with Crippen molar-refractivity contribution < 1.29 is 19.4 Å². The van der Waals surface area contributed by atoms with E-state index in [1.165, 1.54) is 51.5 Å². The van der Waals surface area contributed by atoms with Crippen molar-refractivity contribution in [3.8, 4) is 0 Å². The molecule has 158 valence electrons. The summed E-state index contributed by atoms with van der Waals surface area (Å²) in [7, 11) is 0. The van der Waals surface area contributed by atoms with E-state index in [4.69, 9.17) is 5.11 Å². The summed E-state index contributed by atoms with van der Waals surface area (Å²) in [6.45, 7) is 12.4. The molecule has 0 fully saturated rings. The Hall–Kier alpha value is -1.16. The second kappa shape index (κ2) is 14.8. The smallest absolute Gasteiger partial charge is 0.342 e. The lowest BCUT2D eigenvalue weighted by Gasteiger charge is -2.15. The van der Waals surface area contributed by atoms with Gasteiger partial charge < -0.3 is 9.84 Å². The third kappa shape index (κ3) is 15.6. The van der Waals surface area contributed by atoms with Crippen LogP contribution in [0.2, 0.25) is 0 Å². The lowest BCUT2D eigenvalue weighted by Crippen LogP contribution is -2.22. The van der Waals surface area contributed by atoms with Gasteiger partial charge in [0.25, 0.3) is 0 Å². The molecule has 3 atom stereocenters. The maximum Gasteiger partial charge on any atom is 0.342 e. The van der Waals surface area contributed by atoms with Crippen LogP contribution in [0.5, 0.6) is 0 Å². The number of aliphatic hydroxyl groups is 1. The van der Waals surface area contributed by atoms with Crippen LogP contribution in [0.3, 0.4) is 0 Å². The number of hydrogen-bond donors (Lipinski definition) is 1. The van der Waals surface area contributed by atoms with E-state index in [9.17, 15) is 9.59 Å². The molecule has 0 saturated carbocycles. The third-order valence-corrected chi connectivity index (χ3v) is 5.05. The van der Waals surface area contributed by atoms with Crippen LogP contribution in [0.4, 0.5) is 0 Å². The SMILES string of the molecule is C/C(=C\C(=O)OC(=O)C(C)O)CCC[C@H](C)CCC[C@H](C)CCCC(C)C. The van der Waals surface area contributed by atoms with Crippen molar-refractivity contribution >= 4 is 11.9 Å². The van der Waals surface area contributed by atoms with Gasteiger partial charge in [-0.25, -0.2) is 9.59 Å². The fourth-order valence-corrected chi connectivity index (χ4v) is 3.19. The van der Waals surface area contributed by atoms with E-state index in [-0.39, 0.29) is 0 Å². The first-order valence-electron chi connectivity index (χ1n) is 10.7. The average molecular weight is 383 g/mol. The minimum absolute atomic E-state index is 0.696. The molecule has 1 N–H and O–H groups in total. The summed E-state index contributed by atoms with van der Waals surface area (Å²) in [5, 5.41) is 9.03. The van der Waals surface area contributed by atoms with Crippen molar-refractivity contribution in [1.82, 2.24) is 0 Å². The van der Waals surface area contributed by atoms with Crippen LogP contribution in [0.15, 0.2) is 11.6 Å². The van der Waals surface area contributed by atoms with Crippen molar-refractivity contribution in [1.29, 1.82) is 0 Å². The van der Waals surface area contributed by atoms with Crippen LogP contribution < -0.4 is 0 Å². The first-order valence-corrected chi connectivity index (χ1v) is 10.7. The third-order valence-electron chi connectivity index (χ3n) is 5.05. The molecule has 27 heavy (non-hydrogen) atoms. The van der Waals surface area contributed by atoms with Gasteiger partial charge >= 0.3 is 11.9 Å². The van der Waals surface area contributed by atoms with E-state index >= 15 is 0 Å². The van der Waals surface area contributed by atoms with Crippen LogP contribution in [0.25, 0.3) is 0 Å². The number of allylic oxidation sites excluding steroid dienone is 1. The Morgan fingerprint density at radius 2 is 1.33 bits per heavy atom. The Bertz CT molecular complexity index is 451. The number of aliphatic hydroxyl groups excluding tert-OH is 1. The van der Waals surface area contributed by atoms with E-state index < -0.39 is 18.0 Å². The molecule has 0 aromatic rings. The van der Waals surface area contributed by atoms with Crippen LogP contribution >= 0.6 is 0 Å². The molecule has 0 aromatic carbocycles. The first kappa shape index (κ1) is 25.8. The predicted molar refractivity (Wildman–Crippen MR) is 111 cm³/mol. The van der Waals surface area contributed by atoms with E-state index in [1.54, 1.807) is 0 Å². The summed E-state index contributed by atoms with van der Waals surface area (Å²) in [4.78, 5) is 22.7. The monoisotopic (exact) mass is 382 g/mol. The number of rotatable bonds is 14. The molecule has 0 heterocycles. The fourth-order valence-electron chi connectivity index (χ4n) is 3.19. The lowest BCUT2D eigenvalue weighted by molar-refractivity contribution is -0.162. The summed E-state index contributed by atoms with van der Waals surface area (Å²) < 4.78 is 4.52. The molecule has 0 aliphatic rings. The maximum absolute atomic E-state index is 11.6. The molecule has 0 bridgehead atoms. The zero-order valence-electron chi connectivity index (χ0n) is 18.4. The highest BCUT2D eigenvalue weighted by Crippen LogP contribution is 2.22. The Labute approximate surface area is 166 Å². The topological polar surface area (TPSA) is 63.6 Å². The molecular formula is C23H42O4. The summed E-state index contributed by atoms with van der Waals surface area (Å²) in [5.41, 5.74) is 0.907. The van der Waals surface area contributed by atoms with Gasteiger partial charge in [0.2, 0.25) is 0 Å². The highest BCUT2D eigenvalue weighted by atomic mass is 16.6. The summed E-state index contributed by atoms with van der Waals surface area (Å²) >= 11 is 0. The number of hydrogen-bond acceptors (Lipinski definition) is 4. The Balaban J connectivity index is 3.86. The fraction of sp³-hybridized carbons (Fsp3) is 0.826. The van der Waals surface area contributed by atoms with Crippen molar-refractivity contribution in [3.05, 3.63) is 11.6 Å². The molecular weight excluding hydrogens is 340 g/mol. The maximum atomic E-state index is 11.6. The standard InChI is InChI=1S/C23H42O4/c1-17(2)10-7-11-18(3)12-8-13-19(4)14-9-15-20(5)16-22(25)27-23(26)21(6)24/h16-19,21,24H,7-15H2,1-6H3/b20-16+/t18-,19-,21?/m1/s1. The molecule has 4 nitrogen and oxygen atoms in total. The second-order valence-electron chi connectivity index (χ2n) is 8.77. The minimum Gasteiger partial charge on any atom is -0.388 e. The van der Waals surface area contributed by atoms with E-state index in [0.29, 0.717) is 5.92 Å². The van der Waals surface area contributed by atoms with E-state index in [1.807, 2.05) is 6.92 Å². The van der Waals surface area contributed by atoms with Crippen LogP contribution in [0.1, 0.15) is 99.3 Å². The van der Waals surface area contributed by atoms with E-state index in [2.05, 4.69) is 32.4 Å². The van der Waals surface area contributed by atoms with Crippen molar-refractivity contribution in [2.45, 2.75) is 105 Å². The molecule has 4 heteroatoms. The molecule has 0 aliphatic carbocycles. The van der Waals surface area contributed by atoms with Gasteiger partial charge in [-0.3, -0.25) is 0 Å². The second-order valence-corrected chi connectivity index (χ2v) is 8.77. The number of esters is 2. The molecule has 0 rings (SSSR count). The largest absolute Gasteiger partial charge is 0.388 e. The molecule has 0 saturated heterocycles. The molecule has 0 aromatic heterocycles. The summed E-state index contributed by atoms with van der Waals surface area (Å²) in [6, 6.07) is 0. The van der Waals surface area contributed by atoms with Gasteiger partial charge in [0, 0.05) is 6.08 Å². The first-order chi connectivity index (χ1) is 12.6. The highest BCUT2D eigenvalue weighted by Gasteiger charge is 2.14. The molecule has 1 unspecified atom stereocenters. The molecule has 0 radical (unpaired) electrons. The van der Waals surface area contributed by atoms with Gasteiger partial charge in [0.15, 0.2) is 0 Å². The number of carbonyl (C=O) groups excluding carboxylic acids is 2. The quantitative estimate of drug-likeness (QED) is 0.233. The molecule has 0 amide bonds. The predicted octanol–water partition coefficient (Wildman–Crippen LogP) is 5.82. The van der Waals surface area contributed by atoms with E-state index in [0.717, 1.165) is 36.7 Å². The Kier molecular flexibility index (Phi) is 14.2. The zero-order chi connectivity index (χ0) is 20.8. The highest BCUT2D eigenvalue weighted by molar-refractivity contribution is 5.93. The Morgan fingerprint density at radius 3 is 1.81 bits per heavy atom. The lowest BCUT2D eigenvalue weighted by atomic mass is 9.91. The summed E-state index contributed by atoms with van der Waals surface area (Å²) in [6.07, 6.45) is 11.0. The van der Waals surface area contributed by atoms with Crippen LogP contribution in [-0.4, -0.2) is 23.1 Å². The van der Waals surface area contributed by atoms with Crippen molar-refractivity contribution in [2.75, 3.05) is 0 Å². The van der Waals surface area contributed by atoms with Gasteiger partial charge in [0.05, 0.1) is 0 Å². The van der Waals surface area contributed by atoms with Gasteiger partial charge in [-0.2, -0.15) is 0 Å².